The van der Waals surface area contributed by atoms with E-state index >= 15 is 0 Å². The van der Waals surface area contributed by atoms with E-state index in [1.807, 2.05) is 0 Å². The summed E-state index contributed by atoms with van der Waals surface area (Å²) in [5, 5.41) is 0. The highest BCUT2D eigenvalue weighted by atomic mass is 16.7. The van der Waals surface area contributed by atoms with Gasteiger partial charge in [0, 0.05) is 0 Å². The lowest BCUT2D eigenvalue weighted by atomic mass is 10.8. The number of rotatable bonds is 0. The minimum Gasteiger partial charge on any atom is -0.353 e. The first-order valence-electron chi connectivity index (χ1n) is 3.15. The Labute approximate surface area is 49.8 Å². The van der Waals surface area contributed by atoms with Gasteiger partial charge in [0.25, 0.3) is 0 Å². The summed E-state index contributed by atoms with van der Waals surface area (Å²) in [6.07, 6.45) is 4.50. The summed E-state index contributed by atoms with van der Waals surface area (Å²) < 4.78 is 9.44. The maximum Gasteiger partial charge on any atom is 0.146 e. The van der Waals surface area contributed by atoms with Gasteiger partial charge < -0.3 is 9.47 Å². The molecule has 1 heterocycles. The number of hydrogen-bond acceptors (Lipinski definition) is 2. The average molecular weight is 116 g/mol. The molecule has 0 bridgehead atoms. The number of hydrogen-bond donors (Lipinski definition) is 0. The lowest BCUT2D eigenvalue weighted by molar-refractivity contribution is 0.0692. The van der Waals surface area contributed by atoms with E-state index in [0.717, 1.165) is 13.2 Å². The summed E-state index contributed by atoms with van der Waals surface area (Å²) >= 11 is 0. The van der Waals surface area contributed by atoms with E-state index in [4.69, 9.17) is 9.47 Å². The van der Waals surface area contributed by atoms with Crippen LogP contribution in [0.4, 0.5) is 0 Å². The molecule has 0 unspecified atom stereocenters. The second-order valence-electron chi connectivity index (χ2n) is 2.00. The summed E-state index contributed by atoms with van der Waals surface area (Å²) in [4.78, 5) is 0. The molecule has 2 rings (SSSR count). The van der Waals surface area contributed by atoms with Crippen LogP contribution in [0.5, 0.6) is 0 Å². The molecule has 48 valence electrons. The van der Waals surface area contributed by atoms with E-state index in [1.165, 1.54) is 19.3 Å². The minimum atomic E-state index is 0.500. The van der Waals surface area contributed by atoms with Crippen LogP contribution in [-0.4, -0.2) is 20.0 Å². The van der Waals surface area contributed by atoms with Gasteiger partial charge in [-0.05, 0) is 0 Å². The fourth-order valence-electron chi connectivity index (χ4n) is 0.295. The second-order valence-corrected chi connectivity index (χ2v) is 2.00. The third kappa shape index (κ3) is 4.09. The quantitative estimate of drug-likeness (QED) is 0.473. The van der Waals surface area contributed by atoms with Crippen LogP contribution < -0.4 is 0 Å². The summed E-state index contributed by atoms with van der Waals surface area (Å²) in [6.45, 7) is 2.06. The molecule has 1 aliphatic carbocycles. The third-order valence-corrected chi connectivity index (χ3v) is 0.892. The molecule has 1 saturated heterocycles. The topological polar surface area (TPSA) is 18.5 Å². The van der Waals surface area contributed by atoms with Crippen molar-refractivity contribution in [3.05, 3.63) is 0 Å². The van der Waals surface area contributed by atoms with Crippen LogP contribution in [0.3, 0.4) is 0 Å². The zero-order chi connectivity index (χ0) is 5.66. The SMILES string of the molecule is C1CC1.C1COCO1. The van der Waals surface area contributed by atoms with Gasteiger partial charge in [0.2, 0.25) is 0 Å². The van der Waals surface area contributed by atoms with E-state index < -0.39 is 0 Å². The smallest absolute Gasteiger partial charge is 0.146 e. The largest absolute Gasteiger partial charge is 0.353 e. The Morgan fingerprint density at radius 2 is 1.25 bits per heavy atom. The van der Waals surface area contributed by atoms with Gasteiger partial charge in [0.1, 0.15) is 6.79 Å². The Bertz CT molecular complexity index is 38.1. The van der Waals surface area contributed by atoms with Gasteiger partial charge in [-0.15, -0.1) is 0 Å². The molecule has 0 atom stereocenters. The Balaban J connectivity index is 0.0000000907. The molecule has 1 aliphatic heterocycles. The standard InChI is InChI=1S/C3H6O2.C3H6/c1-2-5-3-4-1;1-2-3-1/h1-3H2;1-3H2. The molecule has 2 nitrogen and oxygen atoms in total. The van der Waals surface area contributed by atoms with Gasteiger partial charge in [0.05, 0.1) is 13.2 Å². The molecule has 0 aromatic heterocycles. The van der Waals surface area contributed by atoms with E-state index in [2.05, 4.69) is 0 Å². The van der Waals surface area contributed by atoms with Crippen molar-refractivity contribution < 1.29 is 9.47 Å². The first kappa shape index (κ1) is 6.05. The Kier molecular flexibility index (Phi) is 2.92. The first-order chi connectivity index (χ1) is 4.00. The zero-order valence-corrected chi connectivity index (χ0v) is 5.06. The summed E-state index contributed by atoms with van der Waals surface area (Å²) in [7, 11) is 0. The van der Waals surface area contributed by atoms with Gasteiger partial charge in [-0.2, -0.15) is 0 Å². The van der Waals surface area contributed by atoms with E-state index in [9.17, 15) is 0 Å². The minimum absolute atomic E-state index is 0.500. The van der Waals surface area contributed by atoms with E-state index in [-0.39, 0.29) is 0 Å². The van der Waals surface area contributed by atoms with Crippen molar-refractivity contribution in [1.29, 1.82) is 0 Å². The molecule has 0 radical (unpaired) electrons. The van der Waals surface area contributed by atoms with Gasteiger partial charge in [-0.1, -0.05) is 19.3 Å². The van der Waals surface area contributed by atoms with Crippen LogP contribution in [-0.2, 0) is 9.47 Å². The van der Waals surface area contributed by atoms with Crippen LogP contribution in [0.1, 0.15) is 19.3 Å². The zero-order valence-electron chi connectivity index (χ0n) is 5.06. The molecule has 2 heteroatoms. The molecule has 0 N–H and O–H groups in total. The average Bonchev–Trinajstić information content (AvgIpc) is 2.55. The van der Waals surface area contributed by atoms with Gasteiger partial charge in [0.15, 0.2) is 0 Å². The molecular weight excluding hydrogens is 104 g/mol. The fraction of sp³-hybridized carbons (Fsp3) is 1.00. The molecule has 2 fully saturated rings. The van der Waals surface area contributed by atoms with Crippen molar-refractivity contribution >= 4 is 0 Å². The second kappa shape index (κ2) is 3.87. The molecule has 1 saturated carbocycles. The molecule has 0 spiro atoms. The maximum atomic E-state index is 4.72. The molecule has 0 amide bonds. The van der Waals surface area contributed by atoms with Crippen LogP contribution >= 0.6 is 0 Å². The van der Waals surface area contributed by atoms with Crippen LogP contribution in [0.2, 0.25) is 0 Å². The Hall–Kier alpha value is -0.0800. The molecule has 8 heavy (non-hydrogen) atoms. The van der Waals surface area contributed by atoms with Crippen molar-refractivity contribution in [2.45, 2.75) is 19.3 Å². The van der Waals surface area contributed by atoms with E-state index in [0.29, 0.717) is 6.79 Å². The lowest BCUT2D eigenvalue weighted by Gasteiger charge is -1.76. The molecule has 0 aromatic carbocycles. The molecule has 2 aliphatic rings. The maximum absolute atomic E-state index is 4.72. The molecular formula is C6H12O2. The number of ether oxygens (including phenoxy) is 2. The highest BCUT2D eigenvalue weighted by Crippen LogP contribution is 2.14. The predicted octanol–water partition coefficient (Wildman–Crippen LogP) is 1.16. The van der Waals surface area contributed by atoms with Crippen molar-refractivity contribution in [1.82, 2.24) is 0 Å². The Morgan fingerprint density at radius 3 is 1.38 bits per heavy atom. The van der Waals surface area contributed by atoms with Gasteiger partial charge >= 0.3 is 0 Å². The van der Waals surface area contributed by atoms with Crippen molar-refractivity contribution in [2.24, 2.45) is 0 Å². The highest BCUT2D eigenvalue weighted by molar-refractivity contribution is 4.50. The summed E-state index contributed by atoms with van der Waals surface area (Å²) in [5.41, 5.74) is 0. The van der Waals surface area contributed by atoms with Gasteiger partial charge in [-0.25, -0.2) is 0 Å². The summed E-state index contributed by atoms with van der Waals surface area (Å²) in [5.74, 6) is 0. The normalized spacial score (nSPS) is 24.0. The monoisotopic (exact) mass is 116 g/mol. The lowest BCUT2D eigenvalue weighted by Crippen LogP contribution is -1.79. The summed E-state index contributed by atoms with van der Waals surface area (Å²) in [6, 6.07) is 0. The van der Waals surface area contributed by atoms with Crippen molar-refractivity contribution in [3.8, 4) is 0 Å². The van der Waals surface area contributed by atoms with Crippen LogP contribution in [0, 0.1) is 0 Å². The van der Waals surface area contributed by atoms with Crippen molar-refractivity contribution in [2.75, 3.05) is 20.0 Å². The van der Waals surface area contributed by atoms with Crippen LogP contribution in [0.25, 0.3) is 0 Å². The molecule has 0 aromatic rings. The van der Waals surface area contributed by atoms with Gasteiger partial charge in [-0.3, -0.25) is 0 Å². The predicted molar refractivity (Wildman–Crippen MR) is 30.6 cm³/mol. The first-order valence-corrected chi connectivity index (χ1v) is 3.15. The van der Waals surface area contributed by atoms with Crippen LogP contribution in [0.15, 0.2) is 0 Å². The van der Waals surface area contributed by atoms with E-state index in [1.54, 1.807) is 0 Å². The van der Waals surface area contributed by atoms with Crippen molar-refractivity contribution in [3.63, 3.8) is 0 Å². The highest BCUT2D eigenvalue weighted by Gasteiger charge is 1.95. The fourth-order valence-corrected chi connectivity index (χ4v) is 0.295. The third-order valence-electron chi connectivity index (χ3n) is 0.892. The Morgan fingerprint density at radius 1 is 0.750 bits per heavy atom.